The van der Waals surface area contributed by atoms with Crippen molar-refractivity contribution in [1.82, 2.24) is 0 Å². The zero-order valence-corrected chi connectivity index (χ0v) is 11.4. The molecule has 0 saturated heterocycles. The molecule has 18 heavy (non-hydrogen) atoms. The maximum absolute atomic E-state index is 6.12. The predicted molar refractivity (Wildman–Crippen MR) is 72.0 cm³/mol. The van der Waals surface area contributed by atoms with Gasteiger partial charge < -0.3 is 19.9 Å². The highest BCUT2D eigenvalue weighted by Crippen LogP contribution is 2.25. The van der Waals surface area contributed by atoms with Gasteiger partial charge in [-0.2, -0.15) is 0 Å². The van der Waals surface area contributed by atoms with Gasteiger partial charge in [-0.05, 0) is 19.4 Å². The first-order valence-electron chi connectivity index (χ1n) is 6.15. The van der Waals surface area contributed by atoms with Crippen molar-refractivity contribution in [2.24, 2.45) is 5.73 Å². The summed E-state index contributed by atoms with van der Waals surface area (Å²) in [7, 11) is 3.34. The summed E-state index contributed by atoms with van der Waals surface area (Å²) in [5.74, 6) is 0.814. The number of rotatable bonds is 8. The van der Waals surface area contributed by atoms with Crippen molar-refractivity contribution < 1.29 is 14.2 Å². The molecule has 1 atom stereocenters. The van der Waals surface area contributed by atoms with Gasteiger partial charge in [-0.25, -0.2) is 0 Å². The van der Waals surface area contributed by atoms with E-state index in [9.17, 15) is 0 Å². The molecular weight excluding hydrogens is 230 g/mol. The van der Waals surface area contributed by atoms with Gasteiger partial charge in [0.25, 0.3) is 0 Å². The van der Waals surface area contributed by atoms with E-state index in [1.165, 1.54) is 5.56 Å². The van der Waals surface area contributed by atoms with Crippen LogP contribution in [0.4, 0.5) is 0 Å². The average molecular weight is 253 g/mol. The van der Waals surface area contributed by atoms with E-state index in [1.54, 1.807) is 14.2 Å². The molecule has 0 amide bonds. The lowest BCUT2D eigenvalue weighted by Crippen LogP contribution is -2.18. The van der Waals surface area contributed by atoms with Gasteiger partial charge in [-0.1, -0.05) is 17.7 Å². The molecule has 0 bridgehead atoms. The zero-order valence-electron chi connectivity index (χ0n) is 11.4. The Morgan fingerprint density at radius 1 is 1.22 bits per heavy atom. The van der Waals surface area contributed by atoms with Crippen LogP contribution in [-0.4, -0.2) is 34.0 Å². The van der Waals surface area contributed by atoms with Crippen LogP contribution >= 0.6 is 0 Å². The van der Waals surface area contributed by atoms with E-state index < -0.39 is 0 Å². The van der Waals surface area contributed by atoms with Gasteiger partial charge in [-0.3, -0.25) is 0 Å². The molecule has 1 unspecified atom stereocenters. The molecule has 0 radical (unpaired) electrons. The summed E-state index contributed by atoms with van der Waals surface area (Å²) in [6.07, 6.45) is 0.883. The van der Waals surface area contributed by atoms with Crippen molar-refractivity contribution in [3.8, 4) is 5.75 Å². The molecule has 4 heteroatoms. The van der Waals surface area contributed by atoms with E-state index in [4.69, 9.17) is 19.9 Å². The Labute approximate surface area is 109 Å². The van der Waals surface area contributed by atoms with E-state index in [0.717, 1.165) is 17.7 Å². The second-order valence-electron chi connectivity index (χ2n) is 4.27. The fourth-order valence-corrected chi connectivity index (χ4v) is 1.75. The van der Waals surface area contributed by atoms with Crippen LogP contribution in [0.2, 0.25) is 0 Å². The normalized spacial score (nSPS) is 12.4. The number of hydrogen-bond donors (Lipinski definition) is 1. The highest BCUT2D eigenvalue weighted by atomic mass is 16.5. The number of benzene rings is 1. The average Bonchev–Trinajstić information content (AvgIpc) is 2.38. The third kappa shape index (κ3) is 4.64. The van der Waals surface area contributed by atoms with Gasteiger partial charge in [0.15, 0.2) is 0 Å². The molecule has 2 N–H and O–H groups in total. The van der Waals surface area contributed by atoms with Crippen LogP contribution in [-0.2, 0) is 9.47 Å². The van der Waals surface area contributed by atoms with Crippen LogP contribution in [0, 0.1) is 6.92 Å². The Bertz CT molecular complexity index is 355. The Kier molecular flexibility index (Phi) is 6.72. The standard InChI is InChI=1S/C14H23NO3/c1-11-5-6-14(17-3)12(9-11)13(15)10-18-8-4-7-16-2/h5-6,9,13H,4,7-8,10,15H2,1-3H3. The number of ether oxygens (including phenoxy) is 3. The van der Waals surface area contributed by atoms with E-state index in [1.807, 2.05) is 25.1 Å². The maximum atomic E-state index is 6.12. The summed E-state index contributed by atoms with van der Waals surface area (Å²) in [5, 5.41) is 0. The summed E-state index contributed by atoms with van der Waals surface area (Å²) in [6, 6.07) is 5.83. The molecule has 0 saturated carbocycles. The maximum Gasteiger partial charge on any atom is 0.123 e. The Morgan fingerprint density at radius 3 is 2.67 bits per heavy atom. The van der Waals surface area contributed by atoms with Crippen molar-refractivity contribution in [2.45, 2.75) is 19.4 Å². The molecule has 1 aromatic carbocycles. The van der Waals surface area contributed by atoms with Gasteiger partial charge in [0.1, 0.15) is 5.75 Å². The number of hydrogen-bond acceptors (Lipinski definition) is 4. The fraction of sp³-hybridized carbons (Fsp3) is 0.571. The van der Waals surface area contributed by atoms with Gasteiger partial charge in [0.2, 0.25) is 0 Å². The van der Waals surface area contributed by atoms with E-state index in [0.29, 0.717) is 19.8 Å². The third-order valence-electron chi connectivity index (χ3n) is 2.72. The van der Waals surface area contributed by atoms with E-state index >= 15 is 0 Å². The molecular formula is C14H23NO3. The third-order valence-corrected chi connectivity index (χ3v) is 2.72. The quantitative estimate of drug-likeness (QED) is 0.720. The topological polar surface area (TPSA) is 53.7 Å². The van der Waals surface area contributed by atoms with Crippen LogP contribution in [0.1, 0.15) is 23.6 Å². The minimum atomic E-state index is -0.164. The Morgan fingerprint density at radius 2 is 2.00 bits per heavy atom. The summed E-state index contributed by atoms with van der Waals surface area (Å²) in [5.41, 5.74) is 8.28. The SMILES string of the molecule is COCCCOCC(N)c1cc(C)ccc1OC. The molecule has 102 valence electrons. The molecule has 0 heterocycles. The Balaban J connectivity index is 2.49. The molecule has 1 aromatic rings. The Hall–Kier alpha value is -1.10. The second-order valence-corrected chi connectivity index (χ2v) is 4.27. The number of aryl methyl sites for hydroxylation is 1. The number of nitrogens with two attached hydrogens (primary N) is 1. The van der Waals surface area contributed by atoms with E-state index in [2.05, 4.69) is 0 Å². The van der Waals surface area contributed by atoms with E-state index in [-0.39, 0.29) is 6.04 Å². The lowest BCUT2D eigenvalue weighted by atomic mass is 10.0. The minimum absolute atomic E-state index is 0.164. The van der Waals surface area contributed by atoms with Crippen molar-refractivity contribution in [3.63, 3.8) is 0 Å². The molecule has 0 aliphatic carbocycles. The highest BCUT2D eigenvalue weighted by Gasteiger charge is 2.12. The first kappa shape index (κ1) is 15.0. The fourth-order valence-electron chi connectivity index (χ4n) is 1.75. The summed E-state index contributed by atoms with van der Waals surface area (Å²) in [6.45, 7) is 3.90. The lowest BCUT2D eigenvalue weighted by Gasteiger charge is -2.16. The van der Waals surface area contributed by atoms with Crippen molar-refractivity contribution in [3.05, 3.63) is 29.3 Å². The van der Waals surface area contributed by atoms with Crippen molar-refractivity contribution in [1.29, 1.82) is 0 Å². The second kappa shape index (κ2) is 8.08. The molecule has 0 aromatic heterocycles. The van der Waals surface area contributed by atoms with Crippen LogP contribution < -0.4 is 10.5 Å². The first-order valence-corrected chi connectivity index (χ1v) is 6.15. The van der Waals surface area contributed by atoms with Gasteiger partial charge in [0, 0.05) is 25.9 Å². The van der Waals surface area contributed by atoms with Crippen LogP contribution in [0.25, 0.3) is 0 Å². The molecule has 0 aliphatic heterocycles. The molecule has 1 rings (SSSR count). The highest BCUT2D eigenvalue weighted by molar-refractivity contribution is 5.39. The minimum Gasteiger partial charge on any atom is -0.496 e. The smallest absolute Gasteiger partial charge is 0.123 e. The summed E-state index contributed by atoms with van der Waals surface area (Å²) < 4.78 is 15.8. The largest absolute Gasteiger partial charge is 0.496 e. The monoisotopic (exact) mass is 253 g/mol. The molecule has 0 aliphatic rings. The van der Waals surface area contributed by atoms with Gasteiger partial charge >= 0.3 is 0 Å². The van der Waals surface area contributed by atoms with Gasteiger partial charge in [-0.15, -0.1) is 0 Å². The predicted octanol–water partition coefficient (Wildman–Crippen LogP) is 2.06. The molecule has 0 fully saturated rings. The van der Waals surface area contributed by atoms with Crippen LogP contribution in [0.15, 0.2) is 18.2 Å². The van der Waals surface area contributed by atoms with Crippen molar-refractivity contribution in [2.75, 3.05) is 34.0 Å². The first-order chi connectivity index (χ1) is 8.69. The zero-order chi connectivity index (χ0) is 13.4. The lowest BCUT2D eigenvalue weighted by molar-refractivity contribution is 0.0936. The summed E-state index contributed by atoms with van der Waals surface area (Å²) >= 11 is 0. The van der Waals surface area contributed by atoms with Crippen molar-refractivity contribution >= 4 is 0 Å². The summed E-state index contributed by atoms with van der Waals surface area (Å²) in [4.78, 5) is 0. The molecule has 4 nitrogen and oxygen atoms in total. The number of methoxy groups -OCH3 is 2. The van der Waals surface area contributed by atoms with Gasteiger partial charge in [0.05, 0.1) is 19.8 Å². The molecule has 0 spiro atoms. The van der Waals surface area contributed by atoms with Crippen LogP contribution in [0.3, 0.4) is 0 Å². The van der Waals surface area contributed by atoms with Crippen LogP contribution in [0.5, 0.6) is 5.75 Å².